The van der Waals surface area contributed by atoms with Crippen molar-refractivity contribution in [2.45, 2.75) is 52.6 Å². The Balaban J connectivity index is 0.00000529. The lowest BCUT2D eigenvalue weighted by Crippen LogP contribution is -2.41. The normalized spacial score (nSPS) is 12.3. The second-order valence-corrected chi connectivity index (χ2v) is 6.21. The summed E-state index contributed by atoms with van der Waals surface area (Å²) in [5.41, 5.74) is 0.840. The number of guanidine groups is 1. The topological polar surface area (TPSA) is 60.2 Å². The molecule has 1 aromatic rings. The summed E-state index contributed by atoms with van der Waals surface area (Å²) >= 11 is 0. The van der Waals surface area contributed by atoms with Gasteiger partial charge in [-0.05, 0) is 31.4 Å². The molecule has 6 heteroatoms. The predicted octanol–water partition coefficient (Wildman–Crippen LogP) is 4.20. The van der Waals surface area contributed by atoms with Crippen LogP contribution in [0.5, 0.6) is 0 Å². The number of benzene rings is 1. The van der Waals surface area contributed by atoms with Gasteiger partial charge in [0.05, 0.1) is 11.6 Å². The smallest absolute Gasteiger partial charge is 0.191 e. The molecule has 134 valence electrons. The van der Waals surface area contributed by atoms with Crippen molar-refractivity contribution in [2.75, 3.05) is 7.05 Å². The van der Waals surface area contributed by atoms with Crippen LogP contribution in [-0.4, -0.2) is 19.0 Å². The van der Waals surface area contributed by atoms with E-state index in [9.17, 15) is 4.39 Å². The Morgan fingerprint density at radius 2 is 2.00 bits per heavy atom. The van der Waals surface area contributed by atoms with E-state index in [-0.39, 0.29) is 29.8 Å². The van der Waals surface area contributed by atoms with Crippen LogP contribution in [-0.2, 0) is 6.54 Å². The van der Waals surface area contributed by atoms with Gasteiger partial charge in [0, 0.05) is 25.2 Å². The van der Waals surface area contributed by atoms with E-state index in [1.54, 1.807) is 19.2 Å². The van der Waals surface area contributed by atoms with Crippen molar-refractivity contribution in [2.24, 2.45) is 10.9 Å². The largest absolute Gasteiger partial charge is 0.354 e. The lowest BCUT2D eigenvalue weighted by molar-refractivity contribution is 0.491. The van der Waals surface area contributed by atoms with Crippen LogP contribution >= 0.6 is 24.0 Å². The van der Waals surface area contributed by atoms with Gasteiger partial charge < -0.3 is 10.6 Å². The summed E-state index contributed by atoms with van der Waals surface area (Å²) in [6.07, 6.45) is 3.46. The van der Waals surface area contributed by atoms with E-state index in [2.05, 4.69) is 36.4 Å². The maximum absolute atomic E-state index is 13.8. The zero-order valence-electron chi connectivity index (χ0n) is 14.9. The van der Waals surface area contributed by atoms with Crippen molar-refractivity contribution in [3.8, 4) is 6.07 Å². The summed E-state index contributed by atoms with van der Waals surface area (Å²) in [7, 11) is 1.70. The third-order valence-corrected chi connectivity index (χ3v) is 3.65. The van der Waals surface area contributed by atoms with Gasteiger partial charge in [-0.2, -0.15) is 5.26 Å². The molecule has 2 N–H and O–H groups in total. The number of rotatable bonds is 7. The molecule has 0 aliphatic carbocycles. The summed E-state index contributed by atoms with van der Waals surface area (Å²) in [4.78, 5) is 4.17. The van der Waals surface area contributed by atoms with Crippen molar-refractivity contribution in [3.05, 3.63) is 35.1 Å². The number of nitriles is 1. The third kappa shape index (κ3) is 8.48. The first-order valence-corrected chi connectivity index (χ1v) is 8.12. The first-order chi connectivity index (χ1) is 11.0. The second kappa shape index (κ2) is 12.1. The monoisotopic (exact) mass is 446 g/mol. The average Bonchev–Trinajstić information content (AvgIpc) is 2.51. The van der Waals surface area contributed by atoms with Crippen LogP contribution in [0.4, 0.5) is 4.39 Å². The van der Waals surface area contributed by atoms with Crippen molar-refractivity contribution < 1.29 is 4.39 Å². The fourth-order valence-electron chi connectivity index (χ4n) is 2.27. The van der Waals surface area contributed by atoms with Crippen molar-refractivity contribution in [1.29, 1.82) is 5.26 Å². The Morgan fingerprint density at radius 1 is 1.29 bits per heavy atom. The van der Waals surface area contributed by atoms with Gasteiger partial charge in [0.15, 0.2) is 5.96 Å². The molecule has 0 heterocycles. The van der Waals surface area contributed by atoms with Crippen molar-refractivity contribution in [1.82, 2.24) is 10.6 Å². The average molecular weight is 446 g/mol. The third-order valence-electron chi connectivity index (χ3n) is 3.65. The van der Waals surface area contributed by atoms with E-state index in [4.69, 9.17) is 5.26 Å². The van der Waals surface area contributed by atoms with Gasteiger partial charge in [-0.25, -0.2) is 4.39 Å². The number of hydrogen-bond acceptors (Lipinski definition) is 2. The Kier molecular flexibility index (Phi) is 11.4. The van der Waals surface area contributed by atoms with E-state index in [1.807, 2.05) is 6.07 Å². The molecule has 0 aromatic heterocycles. The van der Waals surface area contributed by atoms with E-state index in [0.717, 1.165) is 12.3 Å². The van der Waals surface area contributed by atoms with E-state index in [1.165, 1.54) is 18.9 Å². The molecule has 0 spiro atoms. The van der Waals surface area contributed by atoms with E-state index >= 15 is 0 Å². The fraction of sp³-hybridized carbons (Fsp3) is 0.556. The van der Waals surface area contributed by atoms with Crippen molar-refractivity contribution >= 4 is 29.9 Å². The minimum absolute atomic E-state index is 0. The van der Waals surface area contributed by atoms with Gasteiger partial charge in [0.25, 0.3) is 0 Å². The molecule has 1 rings (SSSR count). The summed E-state index contributed by atoms with van der Waals surface area (Å²) in [6, 6.07) is 6.73. The molecule has 4 nitrogen and oxygen atoms in total. The van der Waals surface area contributed by atoms with E-state index in [0.29, 0.717) is 29.7 Å². The second-order valence-electron chi connectivity index (χ2n) is 6.21. The highest BCUT2D eigenvalue weighted by molar-refractivity contribution is 14.0. The number of nitrogens with one attached hydrogen (secondary N) is 2. The highest BCUT2D eigenvalue weighted by atomic mass is 127. The minimum Gasteiger partial charge on any atom is -0.354 e. The molecule has 0 saturated heterocycles. The summed E-state index contributed by atoms with van der Waals surface area (Å²) in [5, 5.41) is 15.2. The Labute approximate surface area is 162 Å². The Hall–Kier alpha value is -1.36. The molecule has 0 fully saturated rings. The van der Waals surface area contributed by atoms with Crippen LogP contribution in [0.25, 0.3) is 0 Å². The molecule has 0 aliphatic rings. The maximum Gasteiger partial charge on any atom is 0.191 e. The molecule has 0 saturated carbocycles. The zero-order chi connectivity index (χ0) is 17.2. The highest BCUT2D eigenvalue weighted by Gasteiger charge is 2.08. The number of aliphatic imine (C=N–C) groups is 1. The first-order valence-electron chi connectivity index (χ1n) is 8.12. The molecule has 1 aromatic carbocycles. The molecule has 1 atom stereocenters. The van der Waals surface area contributed by atoms with Crippen LogP contribution < -0.4 is 10.6 Å². The van der Waals surface area contributed by atoms with Gasteiger partial charge in [0.2, 0.25) is 0 Å². The quantitative estimate of drug-likeness (QED) is 0.375. The SMILES string of the molecule is CN=C(NCc1ccc(C#N)cc1F)NC(C)CCCC(C)C.I. The van der Waals surface area contributed by atoms with Crippen molar-refractivity contribution in [3.63, 3.8) is 0 Å². The summed E-state index contributed by atoms with van der Waals surface area (Å²) < 4.78 is 13.8. The van der Waals surface area contributed by atoms with Gasteiger partial charge >= 0.3 is 0 Å². The number of hydrogen-bond donors (Lipinski definition) is 2. The summed E-state index contributed by atoms with van der Waals surface area (Å²) in [6.45, 7) is 6.90. The standard InChI is InChI=1S/C18H27FN4.HI/c1-13(2)6-5-7-14(3)23-18(21-4)22-12-16-9-8-15(11-20)10-17(16)19;/h8-10,13-14H,5-7,12H2,1-4H3,(H2,21,22,23);1H. The molecule has 24 heavy (non-hydrogen) atoms. The number of nitrogens with zero attached hydrogens (tertiary/aromatic N) is 2. The molecule has 0 radical (unpaired) electrons. The summed E-state index contributed by atoms with van der Waals surface area (Å²) in [5.74, 6) is 1.00. The Morgan fingerprint density at radius 3 is 2.54 bits per heavy atom. The molecular formula is C18H28FIN4. The highest BCUT2D eigenvalue weighted by Crippen LogP contribution is 2.10. The van der Waals surface area contributed by atoms with E-state index < -0.39 is 0 Å². The van der Waals surface area contributed by atoms with Crippen LogP contribution in [0.3, 0.4) is 0 Å². The lowest BCUT2D eigenvalue weighted by atomic mass is 10.0. The zero-order valence-corrected chi connectivity index (χ0v) is 17.2. The Bertz CT molecular complexity index is 567. The van der Waals surface area contributed by atoms with Crippen LogP contribution in [0, 0.1) is 23.1 Å². The molecule has 0 amide bonds. The van der Waals surface area contributed by atoms with Gasteiger partial charge in [-0.1, -0.05) is 32.8 Å². The molecule has 0 aliphatic heterocycles. The fourth-order valence-corrected chi connectivity index (χ4v) is 2.27. The molecule has 0 bridgehead atoms. The number of halogens is 2. The first kappa shape index (κ1) is 22.6. The van der Waals surface area contributed by atoms with Crippen LogP contribution in [0.1, 0.15) is 51.2 Å². The van der Waals surface area contributed by atoms with Crippen LogP contribution in [0.2, 0.25) is 0 Å². The molecule has 1 unspecified atom stereocenters. The van der Waals surface area contributed by atoms with Gasteiger partial charge in [-0.3, -0.25) is 4.99 Å². The van der Waals surface area contributed by atoms with Gasteiger partial charge in [0.1, 0.15) is 5.82 Å². The van der Waals surface area contributed by atoms with Gasteiger partial charge in [-0.15, -0.1) is 24.0 Å². The molecular weight excluding hydrogens is 418 g/mol. The minimum atomic E-state index is -0.378. The predicted molar refractivity (Wildman–Crippen MR) is 108 cm³/mol. The maximum atomic E-state index is 13.8. The lowest BCUT2D eigenvalue weighted by Gasteiger charge is -2.18. The van der Waals surface area contributed by atoms with Crippen LogP contribution in [0.15, 0.2) is 23.2 Å².